The van der Waals surface area contributed by atoms with Crippen molar-refractivity contribution >= 4 is 5.91 Å². The molecule has 3 aromatic rings. The van der Waals surface area contributed by atoms with E-state index in [2.05, 4.69) is 0 Å². The number of aryl methyl sites for hydroxylation is 1. The van der Waals surface area contributed by atoms with Crippen molar-refractivity contribution < 1.29 is 19.0 Å². The van der Waals surface area contributed by atoms with Crippen LogP contribution in [0.5, 0.6) is 17.4 Å². The third-order valence-corrected chi connectivity index (χ3v) is 6.96. The van der Waals surface area contributed by atoms with Crippen molar-refractivity contribution in [1.29, 1.82) is 0 Å². The number of carbonyl (C=O) groups is 1. The highest BCUT2D eigenvalue weighted by atomic mass is 16.5. The van der Waals surface area contributed by atoms with Gasteiger partial charge in [-0.05, 0) is 56.9 Å². The first-order valence-electron chi connectivity index (χ1n) is 12.5. The Hall–Kier alpha value is -3.32. The molecule has 2 aliphatic rings. The van der Waals surface area contributed by atoms with Crippen molar-refractivity contribution in [3.05, 3.63) is 65.9 Å². The van der Waals surface area contributed by atoms with Crippen LogP contribution in [-0.4, -0.2) is 47.0 Å². The molecule has 0 radical (unpaired) electrons. The van der Waals surface area contributed by atoms with E-state index in [9.17, 15) is 4.79 Å². The van der Waals surface area contributed by atoms with E-state index in [1.165, 1.54) is 0 Å². The third-order valence-electron chi connectivity index (χ3n) is 6.96. The van der Waals surface area contributed by atoms with Gasteiger partial charge in [0.2, 0.25) is 11.8 Å². The second-order valence-electron chi connectivity index (χ2n) is 9.38. The molecule has 0 unspecified atom stereocenters. The first-order chi connectivity index (χ1) is 17.1. The SMILES string of the molecule is COc1cccc(Oc2c(CN(C[C@@H]3CCCO3)C(=O)C3CCC3)c(C)nn2-c2ccccc2)c1. The standard InChI is InChI=1S/C28H33N3O4/c1-20-26(19-30(18-25-15-8-16-34-25)27(32)21-9-6-10-21)28(31(29-20)22-11-4-3-5-12-22)35-24-14-7-13-23(17-24)33-2/h3-5,7,11-14,17,21,25H,6,8-10,15-16,18-19H2,1-2H3/t25-/m0/s1. The largest absolute Gasteiger partial charge is 0.497 e. The summed E-state index contributed by atoms with van der Waals surface area (Å²) in [4.78, 5) is 15.4. The Labute approximate surface area is 206 Å². The van der Waals surface area contributed by atoms with E-state index in [0.29, 0.717) is 30.5 Å². The number of hydrogen-bond acceptors (Lipinski definition) is 5. The van der Waals surface area contributed by atoms with Crippen LogP contribution in [-0.2, 0) is 16.1 Å². The van der Waals surface area contributed by atoms with Crippen molar-refractivity contribution in [3.8, 4) is 23.1 Å². The van der Waals surface area contributed by atoms with Gasteiger partial charge in [-0.1, -0.05) is 30.7 Å². The van der Waals surface area contributed by atoms with Crippen molar-refractivity contribution in [2.45, 2.75) is 51.7 Å². The molecule has 35 heavy (non-hydrogen) atoms. The van der Waals surface area contributed by atoms with Gasteiger partial charge in [0, 0.05) is 25.1 Å². The van der Waals surface area contributed by atoms with E-state index in [-0.39, 0.29) is 17.9 Å². The number of rotatable bonds is 9. The molecule has 184 valence electrons. The van der Waals surface area contributed by atoms with Crippen molar-refractivity contribution in [3.63, 3.8) is 0 Å². The van der Waals surface area contributed by atoms with Crippen LogP contribution in [0.15, 0.2) is 54.6 Å². The number of ether oxygens (including phenoxy) is 3. The lowest BCUT2D eigenvalue weighted by Gasteiger charge is -2.33. The van der Waals surface area contributed by atoms with E-state index in [1.807, 2.05) is 71.1 Å². The highest BCUT2D eigenvalue weighted by Crippen LogP contribution is 2.35. The van der Waals surface area contributed by atoms with Gasteiger partial charge in [0.25, 0.3) is 0 Å². The average Bonchev–Trinajstić information content (AvgIpc) is 3.47. The molecular formula is C28H33N3O4. The van der Waals surface area contributed by atoms with Gasteiger partial charge >= 0.3 is 0 Å². The molecule has 0 bridgehead atoms. The van der Waals surface area contributed by atoms with E-state index in [4.69, 9.17) is 19.3 Å². The molecular weight excluding hydrogens is 442 g/mol. The highest BCUT2D eigenvalue weighted by molar-refractivity contribution is 5.79. The van der Waals surface area contributed by atoms with Crippen LogP contribution in [0.2, 0.25) is 0 Å². The highest BCUT2D eigenvalue weighted by Gasteiger charge is 2.33. The fourth-order valence-electron chi connectivity index (χ4n) is 4.72. The Morgan fingerprint density at radius 3 is 2.57 bits per heavy atom. The summed E-state index contributed by atoms with van der Waals surface area (Å²) in [6, 6.07) is 17.5. The smallest absolute Gasteiger partial charge is 0.227 e. The lowest BCUT2D eigenvalue weighted by molar-refractivity contribution is -0.140. The lowest BCUT2D eigenvalue weighted by atomic mass is 9.84. The molecule has 1 atom stereocenters. The minimum atomic E-state index is 0.0891. The van der Waals surface area contributed by atoms with E-state index >= 15 is 0 Å². The number of methoxy groups -OCH3 is 1. The fourth-order valence-corrected chi connectivity index (χ4v) is 4.72. The molecule has 2 fully saturated rings. The molecule has 2 aromatic carbocycles. The van der Waals surface area contributed by atoms with Crippen LogP contribution >= 0.6 is 0 Å². The average molecular weight is 476 g/mol. The molecule has 1 aromatic heterocycles. The summed E-state index contributed by atoms with van der Waals surface area (Å²) in [7, 11) is 1.64. The minimum Gasteiger partial charge on any atom is -0.497 e. The maximum absolute atomic E-state index is 13.4. The topological polar surface area (TPSA) is 65.8 Å². The van der Waals surface area contributed by atoms with Crippen LogP contribution in [0.1, 0.15) is 43.4 Å². The van der Waals surface area contributed by atoms with E-state index in [1.54, 1.807) is 7.11 Å². The second-order valence-corrected chi connectivity index (χ2v) is 9.38. The van der Waals surface area contributed by atoms with Crippen molar-refractivity contribution in [2.24, 2.45) is 5.92 Å². The van der Waals surface area contributed by atoms with Gasteiger partial charge in [-0.25, -0.2) is 4.68 Å². The van der Waals surface area contributed by atoms with Gasteiger partial charge in [0.15, 0.2) is 0 Å². The molecule has 1 saturated heterocycles. The molecule has 1 aliphatic carbocycles. The van der Waals surface area contributed by atoms with Crippen LogP contribution < -0.4 is 9.47 Å². The van der Waals surface area contributed by atoms with Gasteiger partial charge in [-0.15, -0.1) is 0 Å². The molecule has 7 nitrogen and oxygen atoms in total. The monoisotopic (exact) mass is 475 g/mol. The quantitative estimate of drug-likeness (QED) is 0.421. The number of para-hydroxylation sites is 1. The van der Waals surface area contributed by atoms with Gasteiger partial charge in [-0.2, -0.15) is 5.10 Å². The first kappa shape index (κ1) is 23.4. The number of benzene rings is 2. The molecule has 1 amide bonds. The summed E-state index contributed by atoms with van der Waals surface area (Å²) >= 11 is 0. The normalized spacial score (nSPS) is 17.7. The van der Waals surface area contributed by atoms with Crippen molar-refractivity contribution in [2.75, 3.05) is 20.3 Å². The maximum atomic E-state index is 13.4. The van der Waals surface area contributed by atoms with Crippen LogP contribution in [0.4, 0.5) is 0 Å². The van der Waals surface area contributed by atoms with Gasteiger partial charge in [-0.3, -0.25) is 4.79 Å². The first-order valence-corrected chi connectivity index (χ1v) is 12.5. The predicted molar refractivity (Wildman–Crippen MR) is 133 cm³/mol. The molecule has 7 heteroatoms. The zero-order valence-corrected chi connectivity index (χ0v) is 20.5. The predicted octanol–water partition coefficient (Wildman–Crippen LogP) is 5.29. The number of carbonyl (C=O) groups excluding carboxylic acids is 1. The Morgan fingerprint density at radius 2 is 1.89 bits per heavy atom. The Bertz CT molecular complexity index is 1150. The third kappa shape index (κ3) is 5.20. The summed E-state index contributed by atoms with van der Waals surface area (Å²) in [5.41, 5.74) is 2.64. The molecule has 1 saturated carbocycles. The number of aromatic nitrogens is 2. The van der Waals surface area contributed by atoms with E-state index < -0.39 is 0 Å². The number of nitrogens with zero attached hydrogens (tertiary/aromatic N) is 3. The molecule has 5 rings (SSSR count). The van der Waals surface area contributed by atoms with Gasteiger partial charge < -0.3 is 19.1 Å². The van der Waals surface area contributed by atoms with Gasteiger partial charge in [0.1, 0.15) is 11.5 Å². The second kappa shape index (κ2) is 10.5. The summed E-state index contributed by atoms with van der Waals surface area (Å²) in [5, 5.41) is 4.83. The molecule has 1 aliphatic heterocycles. The van der Waals surface area contributed by atoms with Crippen LogP contribution in [0.25, 0.3) is 5.69 Å². The Morgan fingerprint density at radius 1 is 1.09 bits per heavy atom. The fraction of sp³-hybridized carbons (Fsp3) is 0.429. The van der Waals surface area contributed by atoms with Gasteiger partial charge in [0.05, 0.1) is 36.7 Å². The summed E-state index contributed by atoms with van der Waals surface area (Å²) in [5.74, 6) is 2.31. The zero-order chi connectivity index (χ0) is 24.2. The molecule has 2 heterocycles. The number of amides is 1. The van der Waals surface area contributed by atoms with Crippen molar-refractivity contribution in [1.82, 2.24) is 14.7 Å². The Balaban J connectivity index is 1.51. The summed E-state index contributed by atoms with van der Waals surface area (Å²) in [6.07, 6.45) is 5.19. The summed E-state index contributed by atoms with van der Waals surface area (Å²) in [6.45, 7) is 3.79. The van der Waals surface area contributed by atoms with Crippen LogP contribution in [0, 0.1) is 12.8 Å². The Kier molecular flexibility index (Phi) is 7.04. The molecule has 0 N–H and O–H groups in total. The number of hydrogen-bond donors (Lipinski definition) is 0. The summed E-state index contributed by atoms with van der Waals surface area (Å²) < 4.78 is 19.6. The zero-order valence-electron chi connectivity index (χ0n) is 20.5. The molecule has 0 spiro atoms. The van der Waals surface area contributed by atoms with Crippen LogP contribution in [0.3, 0.4) is 0 Å². The van der Waals surface area contributed by atoms with E-state index in [0.717, 1.165) is 55.7 Å². The lowest BCUT2D eigenvalue weighted by Crippen LogP contribution is -2.42. The minimum absolute atomic E-state index is 0.0891. The maximum Gasteiger partial charge on any atom is 0.227 e.